The first-order valence-corrected chi connectivity index (χ1v) is 32.6. The molecule has 4 nitrogen and oxygen atoms in total. The maximum absolute atomic E-state index is 6.90. The lowest BCUT2D eigenvalue weighted by atomic mass is 10.2. The van der Waals surface area contributed by atoms with Crippen LogP contribution in [0.3, 0.4) is 0 Å². The van der Waals surface area contributed by atoms with Crippen molar-refractivity contribution in [3.63, 3.8) is 0 Å². The number of benzene rings is 2. The molecule has 0 fully saturated rings. The lowest BCUT2D eigenvalue weighted by Crippen LogP contribution is -2.68. The van der Waals surface area contributed by atoms with Crippen LogP contribution in [0.1, 0.15) is 166 Å². The Balaban J connectivity index is 0. The SMILES string of the molecule is CC(C)(C)O[Si](C)(C)C.CC(C)(C)O[Si](C)(C)C(C)(C)C.CC(C)(C)O[Si](c1ccccc1)(c1ccccc1)C(C)(C)C.CC(C)[Si](OC(C)(C)C)(C(C)C)C(C)C. The summed E-state index contributed by atoms with van der Waals surface area (Å²) in [7, 11) is -6.88. The topological polar surface area (TPSA) is 36.9 Å². The molecular weight excluding hydrogens is 777 g/mol. The Hall–Kier alpha value is -0.852. The second-order valence-corrected chi connectivity index (χ2v) is 43.5. The molecule has 0 N–H and O–H groups in total. The Morgan fingerprint density at radius 1 is 0.362 bits per heavy atom. The molecule has 0 heterocycles. The highest BCUT2D eigenvalue weighted by molar-refractivity contribution is 6.99. The Labute approximate surface area is 368 Å². The van der Waals surface area contributed by atoms with Crippen molar-refractivity contribution in [2.45, 2.75) is 248 Å². The average molecular weight is 878 g/mol. The zero-order valence-corrected chi connectivity index (χ0v) is 48.1. The van der Waals surface area contributed by atoms with Gasteiger partial charge < -0.3 is 17.7 Å². The summed E-state index contributed by atoms with van der Waals surface area (Å²) in [5.74, 6) is 0. The fraction of sp³-hybridized carbons (Fsp3) is 0.760. The van der Waals surface area contributed by atoms with Crippen molar-refractivity contribution < 1.29 is 17.7 Å². The van der Waals surface area contributed by atoms with E-state index in [0.29, 0.717) is 21.7 Å². The Kier molecular flexibility index (Phi) is 22.4. The van der Waals surface area contributed by atoms with E-state index in [4.69, 9.17) is 17.7 Å². The molecule has 2 rings (SSSR count). The van der Waals surface area contributed by atoms with E-state index in [0.717, 1.165) is 0 Å². The van der Waals surface area contributed by atoms with Crippen molar-refractivity contribution in [1.29, 1.82) is 0 Å². The average Bonchev–Trinajstić information content (AvgIpc) is 2.95. The van der Waals surface area contributed by atoms with Crippen LogP contribution >= 0.6 is 0 Å². The van der Waals surface area contributed by atoms with Crippen molar-refractivity contribution in [3.8, 4) is 0 Å². The minimum Gasteiger partial charge on any atom is -0.413 e. The van der Waals surface area contributed by atoms with Crippen molar-refractivity contribution in [2.75, 3.05) is 0 Å². The van der Waals surface area contributed by atoms with Gasteiger partial charge in [0.1, 0.15) is 0 Å². The standard InChI is InChI=1S/C20H28OSi.C13H30OSi.C10H24OSi.C7H18OSi/c1-19(2,3)21-22(20(4,5)6,17-13-9-7-10-14-17)18-15-11-8-12-16-18;1-10(2)15(11(3)4,12(5)6)14-13(7,8)9;1-9(2,3)11-12(7,8)10(4,5)6;1-7(2,3)8-9(4,5)6/h7-16H,1-6H3;10-12H,1-9H3;1-8H3;1-6H3. The highest BCUT2D eigenvalue weighted by Crippen LogP contribution is 2.44. The van der Waals surface area contributed by atoms with E-state index in [9.17, 15) is 0 Å². The van der Waals surface area contributed by atoms with Gasteiger partial charge in [-0.05, 0) is 153 Å². The first-order valence-electron chi connectivity index (χ1n) is 22.3. The van der Waals surface area contributed by atoms with Gasteiger partial charge in [0.2, 0.25) is 8.32 Å². The van der Waals surface area contributed by atoms with Crippen LogP contribution < -0.4 is 10.4 Å². The number of hydrogen-bond donors (Lipinski definition) is 0. The van der Waals surface area contributed by atoms with E-state index < -0.39 is 33.3 Å². The van der Waals surface area contributed by atoms with E-state index in [1.54, 1.807) is 0 Å². The van der Waals surface area contributed by atoms with Gasteiger partial charge in [-0.2, -0.15) is 0 Å². The molecule has 0 bridgehead atoms. The van der Waals surface area contributed by atoms with Crippen LogP contribution in [0.2, 0.25) is 59.4 Å². The third-order valence-corrected chi connectivity index (χ3v) is 27.7. The molecule has 0 aromatic heterocycles. The van der Waals surface area contributed by atoms with Gasteiger partial charge >= 0.3 is 0 Å². The minimum atomic E-state index is -2.38. The Bertz CT molecular complexity index is 1330. The van der Waals surface area contributed by atoms with E-state index in [-0.39, 0.29) is 27.4 Å². The summed E-state index contributed by atoms with van der Waals surface area (Å²) in [5.41, 5.74) is 1.88. The predicted octanol–water partition coefficient (Wildman–Crippen LogP) is 15.8. The van der Waals surface area contributed by atoms with Crippen molar-refractivity contribution in [3.05, 3.63) is 60.7 Å². The van der Waals surface area contributed by atoms with Crippen LogP contribution in [0.25, 0.3) is 0 Å². The van der Waals surface area contributed by atoms with Gasteiger partial charge in [-0.3, -0.25) is 0 Å². The van der Waals surface area contributed by atoms with Gasteiger partial charge in [0.15, 0.2) is 16.6 Å². The first kappa shape index (κ1) is 59.2. The largest absolute Gasteiger partial charge is 0.413 e. The molecule has 0 aliphatic carbocycles. The van der Waals surface area contributed by atoms with Crippen molar-refractivity contribution >= 4 is 43.6 Å². The molecular formula is C50H100O4Si4. The summed E-state index contributed by atoms with van der Waals surface area (Å²) in [6, 6.07) is 21.6. The molecule has 0 unspecified atom stereocenters. The monoisotopic (exact) mass is 877 g/mol. The summed E-state index contributed by atoms with van der Waals surface area (Å²) >= 11 is 0. The second-order valence-electron chi connectivity index (χ2n) is 24.7. The molecule has 2 aromatic carbocycles. The van der Waals surface area contributed by atoms with E-state index in [1.807, 2.05) is 0 Å². The van der Waals surface area contributed by atoms with E-state index >= 15 is 0 Å². The molecule has 0 atom stereocenters. The van der Waals surface area contributed by atoms with Gasteiger partial charge in [-0.15, -0.1) is 0 Å². The van der Waals surface area contributed by atoms with Crippen molar-refractivity contribution in [2.24, 2.45) is 0 Å². The lowest BCUT2D eigenvalue weighted by molar-refractivity contribution is 0.106. The van der Waals surface area contributed by atoms with E-state index in [2.05, 4.69) is 260 Å². The van der Waals surface area contributed by atoms with E-state index in [1.165, 1.54) is 10.4 Å². The Morgan fingerprint density at radius 2 is 0.638 bits per heavy atom. The summed E-state index contributed by atoms with van der Waals surface area (Å²) in [6.45, 7) is 64.7. The lowest BCUT2D eigenvalue weighted by Gasteiger charge is -2.46. The third kappa shape index (κ3) is 21.3. The minimum absolute atomic E-state index is 0.00298. The quantitative estimate of drug-likeness (QED) is 0.235. The molecule has 340 valence electrons. The highest BCUT2D eigenvalue weighted by atomic mass is 28.4. The summed E-state index contributed by atoms with van der Waals surface area (Å²) < 4.78 is 25.3. The highest BCUT2D eigenvalue weighted by Gasteiger charge is 2.52. The second kappa shape index (κ2) is 22.0. The van der Waals surface area contributed by atoms with Crippen LogP contribution in [-0.4, -0.2) is 55.7 Å². The third-order valence-electron chi connectivity index (χ3n) is 10.0. The number of rotatable bonds is 9. The van der Waals surface area contributed by atoms with Gasteiger partial charge in [-0.25, -0.2) is 0 Å². The Morgan fingerprint density at radius 3 is 0.776 bits per heavy atom. The van der Waals surface area contributed by atoms with Gasteiger partial charge in [0.25, 0.3) is 8.32 Å². The van der Waals surface area contributed by atoms with Crippen LogP contribution in [0.4, 0.5) is 0 Å². The molecule has 0 saturated heterocycles. The molecule has 8 heteroatoms. The van der Waals surface area contributed by atoms with Crippen molar-refractivity contribution in [1.82, 2.24) is 0 Å². The fourth-order valence-electron chi connectivity index (χ4n) is 7.83. The molecule has 2 aromatic rings. The normalized spacial score (nSPS) is 14.0. The summed E-state index contributed by atoms with van der Waals surface area (Å²) in [5, 5.41) is 3.04. The summed E-state index contributed by atoms with van der Waals surface area (Å²) in [6.07, 6.45) is 0. The maximum Gasteiger partial charge on any atom is 0.261 e. The van der Waals surface area contributed by atoms with Crippen LogP contribution in [0.15, 0.2) is 60.7 Å². The van der Waals surface area contributed by atoms with Gasteiger partial charge in [0.05, 0.1) is 0 Å². The van der Waals surface area contributed by atoms with Gasteiger partial charge in [0, 0.05) is 22.4 Å². The number of hydrogen-bond acceptors (Lipinski definition) is 4. The molecule has 0 aliphatic heterocycles. The van der Waals surface area contributed by atoms with Crippen LogP contribution in [-0.2, 0) is 17.7 Å². The molecule has 0 aliphatic rings. The molecule has 58 heavy (non-hydrogen) atoms. The van der Waals surface area contributed by atoms with Crippen LogP contribution in [0.5, 0.6) is 0 Å². The maximum atomic E-state index is 6.90. The fourth-order valence-corrected chi connectivity index (χ4v) is 22.1. The molecule has 0 radical (unpaired) electrons. The smallest absolute Gasteiger partial charge is 0.261 e. The zero-order chi connectivity index (χ0) is 46.8. The molecule has 0 saturated carbocycles. The molecule has 0 spiro atoms. The molecule has 0 amide bonds. The first-order chi connectivity index (χ1) is 25.4. The zero-order valence-electron chi connectivity index (χ0n) is 44.1. The van der Waals surface area contributed by atoms with Gasteiger partial charge in [-0.1, -0.05) is 144 Å². The summed E-state index contributed by atoms with van der Waals surface area (Å²) in [4.78, 5) is 0. The van der Waals surface area contributed by atoms with Crippen LogP contribution in [0, 0.1) is 0 Å². The predicted molar refractivity (Wildman–Crippen MR) is 273 cm³/mol.